The third-order valence-corrected chi connectivity index (χ3v) is 3.07. The van der Waals surface area contributed by atoms with Gasteiger partial charge in [0, 0.05) is 13.1 Å². The fourth-order valence-corrected chi connectivity index (χ4v) is 2.02. The van der Waals surface area contributed by atoms with E-state index in [0.29, 0.717) is 5.96 Å². The summed E-state index contributed by atoms with van der Waals surface area (Å²) in [5.74, 6) is 1.47. The lowest BCUT2D eigenvalue weighted by Crippen LogP contribution is -2.34. The molecule has 92 valence electrons. The summed E-state index contributed by atoms with van der Waals surface area (Å²) in [6.45, 7) is 4.05. The van der Waals surface area contributed by atoms with Gasteiger partial charge >= 0.3 is 0 Å². The predicted octanol–water partition coefficient (Wildman–Crippen LogP) is 2.05. The fourth-order valence-electron chi connectivity index (χ4n) is 2.02. The molecule has 1 fully saturated rings. The molecule has 0 saturated carbocycles. The van der Waals surface area contributed by atoms with Gasteiger partial charge in [-0.15, -0.1) is 0 Å². The number of nitrogens with zero attached hydrogens (tertiary/aromatic N) is 2. The standard InChI is InChI=1S/C13H19N3O/c1-10-9-11(17-2)5-6-12(10)15-13(14)16-7-3-4-8-16/h5-6,9H,3-4,7-8H2,1-2H3,(H2,14,15). The lowest BCUT2D eigenvalue weighted by atomic mass is 10.2. The third kappa shape index (κ3) is 2.70. The normalized spacial score (nSPS) is 16.4. The van der Waals surface area contributed by atoms with Gasteiger partial charge in [-0.25, -0.2) is 4.99 Å². The van der Waals surface area contributed by atoms with Crippen molar-refractivity contribution in [3.05, 3.63) is 23.8 Å². The maximum atomic E-state index is 6.00. The minimum Gasteiger partial charge on any atom is -0.497 e. The van der Waals surface area contributed by atoms with Crippen molar-refractivity contribution in [3.63, 3.8) is 0 Å². The number of hydrogen-bond acceptors (Lipinski definition) is 2. The molecule has 1 heterocycles. The van der Waals surface area contributed by atoms with Crippen LogP contribution in [0.15, 0.2) is 23.2 Å². The topological polar surface area (TPSA) is 50.9 Å². The first kappa shape index (κ1) is 11.8. The second-order valence-corrected chi connectivity index (χ2v) is 4.32. The van der Waals surface area contributed by atoms with Crippen LogP contribution in [0.1, 0.15) is 18.4 Å². The zero-order valence-corrected chi connectivity index (χ0v) is 10.4. The van der Waals surface area contributed by atoms with Crippen LogP contribution in [0.2, 0.25) is 0 Å². The molecule has 17 heavy (non-hydrogen) atoms. The van der Waals surface area contributed by atoms with Crippen molar-refractivity contribution < 1.29 is 4.74 Å². The quantitative estimate of drug-likeness (QED) is 0.628. The van der Waals surface area contributed by atoms with Crippen LogP contribution in [-0.4, -0.2) is 31.1 Å². The first-order chi connectivity index (χ1) is 8.20. The van der Waals surface area contributed by atoms with Gasteiger partial charge in [0.15, 0.2) is 5.96 Å². The summed E-state index contributed by atoms with van der Waals surface area (Å²) in [5, 5.41) is 0. The fraction of sp³-hybridized carbons (Fsp3) is 0.462. The van der Waals surface area contributed by atoms with Crippen molar-refractivity contribution in [1.29, 1.82) is 0 Å². The Morgan fingerprint density at radius 3 is 2.65 bits per heavy atom. The van der Waals surface area contributed by atoms with E-state index >= 15 is 0 Å². The largest absolute Gasteiger partial charge is 0.497 e. The molecule has 1 aromatic carbocycles. The summed E-state index contributed by atoms with van der Waals surface area (Å²) in [6.07, 6.45) is 2.41. The molecule has 2 N–H and O–H groups in total. The molecule has 0 spiro atoms. The lowest BCUT2D eigenvalue weighted by molar-refractivity contribution is 0.414. The van der Waals surface area contributed by atoms with Crippen LogP contribution in [0.25, 0.3) is 0 Å². The summed E-state index contributed by atoms with van der Waals surface area (Å²) in [6, 6.07) is 5.82. The second kappa shape index (κ2) is 5.08. The highest BCUT2D eigenvalue weighted by molar-refractivity contribution is 5.81. The van der Waals surface area contributed by atoms with E-state index in [4.69, 9.17) is 10.5 Å². The summed E-state index contributed by atoms with van der Waals surface area (Å²) < 4.78 is 5.16. The molecule has 2 rings (SSSR count). The Kier molecular flexibility index (Phi) is 3.52. The van der Waals surface area contributed by atoms with E-state index in [1.54, 1.807) is 7.11 Å². The number of nitrogens with two attached hydrogens (primary N) is 1. The van der Waals surface area contributed by atoms with E-state index in [0.717, 1.165) is 30.1 Å². The Balaban J connectivity index is 2.19. The number of aliphatic imine (C=N–C) groups is 1. The van der Waals surface area contributed by atoms with Crippen molar-refractivity contribution in [2.75, 3.05) is 20.2 Å². The molecule has 0 bridgehead atoms. The van der Waals surface area contributed by atoms with E-state index in [2.05, 4.69) is 9.89 Å². The Labute approximate surface area is 102 Å². The Morgan fingerprint density at radius 2 is 2.06 bits per heavy atom. The number of aryl methyl sites for hydroxylation is 1. The summed E-state index contributed by atoms with van der Waals surface area (Å²) in [5.41, 5.74) is 7.98. The molecule has 0 amide bonds. The van der Waals surface area contributed by atoms with Crippen LogP contribution < -0.4 is 10.5 Å². The van der Waals surface area contributed by atoms with Crippen LogP contribution in [0.3, 0.4) is 0 Å². The Hall–Kier alpha value is -1.71. The predicted molar refractivity (Wildman–Crippen MR) is 69.8 cm³/mol. The molecule has 4 nitrogen and oxygen atoms in total. The maximum Gasteiger partial charge on any atom is 0.196 e. The molecule has 1 aliphatic heterocycles. The van der Waals surface area contributed by atoms with Gasteiger partial charge in [-0.05, 0) is 43.5 Å². The van der Waals surface area contributed by atoms with Crippen molar-refractivity contribution in [2.24, 2.45) is 10.7 Å². The zero-order chi connectivity index (χ0) is 12.3. The second-order valence-electron chi connectivity index (χ2n) is 4.32. The third-order valence-electron chi connectivity index (χ3n) is 3.07. The average Bonchev–Trinajstić information content (AvgIpc) is 2.85. The van der Waals surface area contributed by atoms with Gasteiger partial charge in [-0.3, -0.25) is 0 Å². The molecule has 1 aromatic rings. The summed E-state index contributed by atoms with van der Waals surface area (Å²) in [7, 11) is 1.66. The molecular formula is C13H19N3O. The SMILES string of the molecule is COc1ccc(N=C(N)N2CCCC2)c(C)c1. The molecule has 0 aromatic heterocycles. The molecule has 1 aliphatic rings. The molecule has 0 aliphatic carbocycles. The van der Waals surface area contributed by atoms with Crippen LogP contribution >= 0.6 is 0 Å². The Bertz CT molecular complexity index is 423. The molecule has 1 saturated heterocycles. The number of hydrogen-bond donors (Lipinski definition) is 1. The highest BCUT2D eigenvalue weighted by atomic mass is 16.5. The molecular weight excluding hydrogens is 214 g/mol. The van der Waals surface area contributed by atoms with Gasteiger partial charge < -0.3 is 15.4 Å². The van der Waals surface area contributed by atoms with E-state index in [1.807, 2.05) is 25.1 Å². The molecule has 0 unspecified atom stereocenters. The van der Waals surface area contributed by atoms with Gasteiger partial charge in [0.25, 0.3) is 0 Å². The smallest absolute Gasteiger partial charge is 0.196 e. The lowest BCUT2D eigenvalue weighted by Gasteiger charge is -2.16. The maximum absolute atomic E-state index is 6.00. The first-order valence-corrected chi connectivity index (χ1v) is 5.94. The van der Waals surface area contributed by atoms with Gasteiger partial charge in [0.05, 0.1) is 12.8 Å². The van der Waals surface area contributed by atoms with Crippen LogP contribution in [0.4, 0.5) is 5.69 Å². The first-order valence-electron chi connectivity index (χ1n) is 5.94. The van der Waals surface area contributed by atoms with E-state index in [-0.39, 0.29) is 0 Å². The van der Waals surface area contributed by atoms with Crippen molar-refractivity contribution >= 4 is 11.6 Å². The number of methoxy groups -OCH3 is 1. The average molecular weight is 233 g/mol. The van der Waals surface area contributed by atoms with E-state index in [1.165, 1.54) is 12.8 Å². The van der Waals surface area contributed by atoms with Crippen LogP contribution in [0, 0.1) is 6.92 Å². The number of ether oxygens (including phenoxy) is 1. The summed E-state index contributed by atoms with van der Waals surface area (Å²) in [4.78, 5) is 6.61. The zero-order valence-electron chi connectivity index (χ0n) is 10.4. The van der Waals surface area contributed by atoms with E-state index in [9.17, 15) is 0 Å². The van der Waals surface area contributed by atoms with Crippen molar-refractivity contribution in [1.82, 2.24) is 4.90 Å². The highest BCUT2D eigenvalue weighted by Crippen LogP contribution is 2.24. The summed E-state index contributed by atoms with van der Waals surface area (Å²) >= 11 is 0. The number of likely N-dealkylation sites (tertiary alicyclic amines) is 1. The van der Waals surface area contributed by atoms with E-state index < -0.39 is 0 Å². The molecule has 4 heteroatoms. The van der Waals surface area contributed by atoms with Crippen molar-refractivity contribution in [3.8, 4) is 5.75 Å². The number of benzene rings is 1. The van der Waals surface area contributed by atoms with Gasteiger partial charge in [0.1, 0.15) is 5.75 Å². The van der Waals surface area contributed by atoms with Gasteiger partial charge in [-0.1, -0.05) is 0 Å². The number of rotatable bonds is 2. The molecule has 0 atom stereocenters. The van der Waals surface area contributed by atoms with Gasteiger partial charge in [-0.2, -0.15) is 0 Å². The minimum atomic E-state index is 0.621. The highest BCUT2D eigenvalue weighted by Gasteiger charge is 2.13. The molecule has 0 radical (unpaired) electrons. The van der Waals surface area contributed by atoms with Crippen LogP contribution in [-0.2, 0) is 0 Å². The Morgan fingerprint density at radius 1 is 1.35 bits per heavy atom. The van der Waals surface area contributed by atoms with Crippen molar-refractivity contribution in [2.45, 2.75) is 19.8 Å². The van der Waals surface area contributed by atoms with Gasteiger partial charge in [0.2, 0.25) is 0 Å². The van der Waals surface area contributed by atoms with Crippen LogP contribution in [0.5, 0.6) is 5.75 Å². The monoisotopic (exact) mass is 233 g/mol. The minimum absolute atomic E-state index is 0.621. The number of guanidine groups is 1.